The highest BCUT2D eigenvalue weighted by Gasteiger charge is 2.16. The number of nitrogens with two attached hydrogens (primary N) is 1. The fourth-order valence-corrected chi connectivity index (χ4v) is 2.11. The molecule has 0 heterocycles. The summed E-state index contributed by atoms with van der Waals surface area (Å²) in [7, 11) is -3.65. The van der Waals surface area contributed by atoms with Crippen molar-refractivity contribution >= 4 is 15.9 Å². The van der Waals surface area contributed by atoms with Gasteiger partial charge in [-0.1, -0.05) is 18.2 Å². The molecule has 0 aliphatic heterocycles. The third kappa shape index (κ3) is 3.81. The number of carbonyl (C=O) groups excluding carboxylic acids is 1. The molecule has 7 heteroatoms. The van der Waals surface area contributed by atoms with Gasteiger partial charge < -0.3 is 0 Å². The lowest BCUT2D eigenvalue weighted by Crippen LogP contribution is -2.43. The van der Waals surface area contributed by atoms with Gasteiger partial charge in [0.05, 0.1) is 11.4 Å². The molecule has 0 aliphatic rings. The second-order valence-corrected chi connectivity index (χ2v) is 5.08. The summed E-state index contributed by atoms with van der Waals surface area (Å²) in [4.78, 5) is 11.4. The van der Waals surface area contributed by atoms with E-state index in [9.17, 15) is 13.2 Å². The van der Waals surface area contributed by atoms with Gasteiger partial charge in [-0.25, -0.2) is 19.0 Å². The minimum absolute atomic E-state index is 0.118. The Bertz CT molecular complexity index is 473. The van der Waals surface area contributed by atoms with Crippen LogP contribution in [0.3, 0.4) is 0 Å². The number of amides is 1. The van der Waals surface area contributed by atoms with Crippen molar-refractivity contribution in [2.45, 2.75) is 11.8 Å². The molecular formula is C10H15N3O3S. The molecule has 1 aromatic rings. The van der Waals surface area contributed by atoms with E-state index >= 15 is 0 Å². The van der Waals surface area contributed by atoms with E-state index in [2.05, 4.69) is 4.72 Å². The number of benzene rings is 1. The van der Waals surface area contributed by atoms with E-state index in [1.165, 1.54) is 12.1 Å². The molecule has 1 rings (SSSR count). The first-order valence-electron chi connectivity index (χ1n) is 5.07. The lowest BCUT2D eigenvalue weighted by molar-refractivity contribution is -0.130. The maximum atomic E-state index is 11.7. The van der Waals surface area contributed by atoms with Gasteiger partial charge >= 0.3 is 0 Å². The average Bonchev–Trinajstić information content (AvgIpc) is 2.36. The number of hydrogen-bond donors (Lipinski definition) is 2. The van der Waals surface area contributed by atoms with Gasteiger partial charge in [-0.2, -0.15) is 0 Å². The van der Waals surface area contributed by atoms with Crippen LogP contribution in [0.2, 0.25) is 0 Å². The van der Waals surface area contributed by atoms with E-state index in [4.69, 9.17) is 5.84 Å². The van der Waals surface area contributed by atoms with Gasteiger partial charge in [-0.15, -0.1) is 0 Å². The van der Waals surface area contributed by atoms with E-state index in [-0.39, 0.29) is 11.4 Å². The third-order valence-electron chi connectivity index (χ3n) is 2.13. The van der Waals surface area contributed by atoms with Crippen LogP contribution in [0, 0.1) is 0 Å². The number of nitrogens with one attached hydrogen (secondary N) is 1. The molecule has 1 aromatic carbocycles. The summed E-state index contributed by atoms with van der Waals surface area (Å²) in [5, 5.41) is 0.952. The highest BCUT2D eigenvalue weighted by molar-refractivity contribution is 7.89. The minimum Gasteiger partial charge on any atom is -0.280 e. The SMILES string of the molecule is CCN(N)C(=O)CNS(=O)(=O)c1ccccc1. The third-order valence-corrected chi connectivity index (χ3v) is 3.55. The standard InChI is InChI=1S/C10H15N3O3S/c1-2-13(11)10(14)8-12-17(15,16)9-6-4-3-5-7-9/h3-7,12H,2,8,11H2,1H3. The van der Waals surface area contributed by atoms with Crippen LogP contribution < -0.4 is 10.6 Å². The molecule has 1 amide bonds. The number of nitrogens with zero attached hydrogens (tertiary/aromatic N) is 1. The first-order valence-corrected chi connectivity index (χ1v) is 6.55. The summed E-state index contributed by atoms with van der Waals surface area (Å²) in [5.74, 6) is 4.85. The van der Waals surface area contributed by atoms with E-state index in [0.29, 0.717) is 6.54 Å². The molecule has 0 saturated heterocycles. The highest BCUT2D eigenvalue weighted by Crippen LogP contribution is 2.06. The molecule has 3 N–H and O–H groups in total. The highest BCUT2D eigenvalue weighted by atomic mass is 32.2. The van der Waals surface area contributed by atoms with Crippen molar-refractivity contribution in [2.75, 3.05) is 13.1 Å². The Hall–Kier alpha value is -1.44. The lowest BCUT2D eigenvalue weighted by atomic mass is 10.4. The zero-order valence-electron chi connectivity index (χ0n) is 9.46. The smallest absolute Gasteiger partial charge is 0.251 e. The second kappa shape index (κ2) is 5.76. The van der Waals surface area contributed by atoms with Gasteiger partial charge in [-0.05, 0) is 19.1 Å². The summed E-state index contributed by atoms with van der Waals surface area (Å²) in [5.41, 5.74) is 0. The number of sulfonamides is 1. The minimum atomic E-state index is -3.65. The van der Waals surface area contributed by atoms with Crippen LogP contribution in [-0.4, -0.2) is 32.4 Å². The maximum absolute atomic E-state index is 11.7. The van der Waals surface area contributed by atoms with Crippen LogP contribution in [0.25, 0.3) is 0 Å². The maximum Gasteiger partial charge on any atom is 0.251 e. The molecule has 0 atom stereocenters. The first kappa shape index (κ1) is 13.6. The van der Waals surface area contributed by atoms with Crippen LogP contribution in [0.15, 0.2) is 35.2 Å². The van der Waals surface area contributed by atoms with Crippen LogP contribution in [0.5, 0.6) is 0 Å². The van der Waals surface area contributed by atoms with Gasteiger partial charge in [0.2, 0.25) is 10.0 Å². The molecule has 0 aromatic heterocycles. The molecule has 0 saturated carbocycles. The van der Waals surface area contributed by atoms with Crippen molar-refractivity contribution < 1.29 is 13.2 Å². The first-order chi connectivity index (χ1) is 7.97. The van der Waals surface area contributed by atoms with Crippen molar-refractivity contribution in [1.82, 2.24) is 9.73 Å². The van der Waals surface area contributed by atoms with Crippen LogP contribution in [0.1, 0.15) is 6.92 Å². The molecule has 0 fully saturated rings. The van der Waals surface area contributed by atoms with Crippen LogP contribution in [0.4, 0.5) is 0 Å². The number of likely N-dealkylation sites (N-methyl/N-ethyl adjacent to an activating group) is 1. The van der Waals surface area contributed by atoms with E-state index < -0.39 is 15.9 Å². The predicted molar refractivity (Wildman–Crippen MR) is 63.2 cm³/mol. The van der Waals surface area contributed by atoms with Gasteiger partial charge in [0.15, 0.2) is 0 Å². The molecule has 0 spiro atoms. The number of hydrogen-bond acceptors (Lipinski definition) is 4. The number of hydrazine groups is 1. The summed E-state index contributed by atoms with van der Waals surface area (Å²) in [6, 6.07) is 7.83. The van der Waals surface area contributed by atoms with Gasteiger partial charge in [-0.3, -0.25) is 9.80 Å². The van der Waals surface area contributed by atoms with Crippen molar-refractivity contribution in [1.29, 1.82) is 0 Å². The number of rotatable bonds is 5. The van der Waals surface area contributed by atoms with Gasteiger partial charge in [0, 0.05) is 6.54 Å². The van der Waals surface area contributed by atoms with Crippen molar-refractivity contribution in [2.24, 2.45) is 5.84 Å². The Morgan fingerprint density at radius 1 is 1.35 bits per heavy atom. The summed E-state index contributed by atoms with van der Waals surface area (Å²) in [6.45, 7) is 1.68. The summed E-state index contributed by atoms with van der Waals surface area (Å²) in [6.07, 6.45) is 0. The molecule has 0 radical (unpaired) electrons. The zero-order chi connectivity index (χ0) is 12.9. The normalized spacial score (nSPS) is 11.2. The van der Waals surface area contributed by atoms with E-state index in [0.717, 1.165) is 5.01 Å². The number of carbonyl (C=O) groups is 1. The fraction of sp³-hybridized carbons (Fsp3) is 0.300. The Morgan fingerprint density at radius 3 is 2.47 bits per heavy atom. The molecule has 94 valence electrons. The van der Waals surface area contributed by atoms with Gasteiger partial charge in [0.25, 0.3) is 5.91 Å². The van der Waals surface area contributed by atoms with Crippen molar-refractivity contribution in [3.8, 4) is 0 Å². The van der Waals surface area contributed by atoms with Crippen molar-refractivity contribution in [3.63, 3.8) is 0 Å². The predicted octanol–water partition coefficient (Wildman–Crippen LogP) is -0.313. The van der Waals surface area contributed by atoms with Crippen LogP contribution in [-0.2, 0) is 14.8 Å². The quantitative estimate of drug-likeness (QED) is 0.430. The monoisotopic (exact) mass is 257 g/mol. The summed E-state index contributed by atoms with van der Waals surface area (Å²) >= 11 is 0. The molecular weight excluding hydrogens is 242 g/mol. The zero-order valence-corrected chi connectivity index (χ0v) is 10.3. The Balaban J connectivity index is 2.67. The van der Waals surface area contributed by atoms with Crippen LogP contribution >= 0.6 is 0 Å². The van der Waals surface area contributed by atoms with E-state index in [1.807, 2.05) is 0 Å². The largest absolute Gasteiger partial charge is 0.280 e. The molecule has 0 unspecified atom stereocenters. The van der Waals surface area contributed by atoms with Gasteiger partial charge in [0.1, 0.15) is 0 Å². The second-order valence-electron chi connectivity index (χ2n) is 3.32. The average molecular weight is 257 g/mol. The summed E-state index contributed by atoms with van der Waals surface area (Å²) < 4.78 is 25.6. The molecule has 6 nitrogen and oxygen atoms in total. The Kier molecular flexibility index (Phi) is 4.62. The molecule has 17 heavy (non-hydrogen) atoms. The lowest BCUT2D eigenvalue weighted by Gasteiger charge is -2.14. The molecule has 0 bridgehead atoms. The Labute approximate surface area is 100 Å². The fourth-order valence-electron chi connectivity index (χ4n) is 1.12. The topological polar surface area (TPSA) is 92.5 Å². The van der Waals surface area contributed by atoms with E-state index in [1.54, 1.807) is 25.1 Å². The molecule has 0 aliphatic carbocycles. The Morgan fingerprint density at radius 2 is 1.94 bits per heavy atom. The van der Waals surface area contributed by atoms with Crippen molar-refractivity contribution in [3.05, 3.63) is 30.3 Å².